The Kier molecular flexibility index (Phi) is 4.94. The summed E-state index contributed by atoms with van der Waals surface area (Å²) >= 11 is 0. The van der Waals surface area contributed by atoms with E-state index >= 15 is 0 Å². The molecule has 19 heavy (non-hydrogen) atoms. The number of rotatable bonds is 6. The van der Waals surface area contributed by atoms with E-state index in [1.54, 1.807) is 0 Å². The van der Waals surface area contributed by atoms with E-state index < -0.39 is 17.9 Å². The number of hydrogen-bond acceptors (Lipinski definition) is 6. The SMILES string of the molecule is NCCc1c(C(=O)O)nnn1CCC(=O)NC(N)=O. The third-order valence-corrected chi connectivity index (χ3v) is 2.23. The normalized spacial score (nSPS) is 10.2. The fourth-order valence-electron chi connectivity index (χ4n) is 1.47. The lowest BCUT2D eigenvalue weighted by Crippen LogP contribution is -2.35. The van der Waals surface area contributed by atoms with E-state index in [1.165, 1.54) is 4.68 Å². The monoisotopic (exact) mass is 270 g/mol. The van der Waals surface area contributed by atoms with Crippen molar-refractivity contribution in [3.8, 4) is 0 Å². The highest BCUT2D eigenvalue weighted by molar-refractivity contribution is 5.93. The highest BCUT2D eigenvalue weighted by Gasteiger charge is 2.18. The van der Waals surface area contributed by atoms with E-state index in [2.05, 4.69) is 10.3 Å². The Labute approximate surface area is 107 Å². The van der Waals surface area contributed by atoms with Crippen LogP contribution >= 0.6 is 0 Å². The molecular formula is C9H14N6O4. The first-order valence-electron chi connectivity index (χ1n) is 5.40. The number of urea groups is 1. The van der Waals surface area contributed by atoms with Gasteiger partial charge in [0.05, 0.1) is 12.2 Å². The highest BCUT2D eigenvalue weighted by Crippen LogP contribution is 2.07. The van der Waals surface area contributed by atoms with Crippen molar-refractivity contribution in [2.24, 2.45) is 11.5 Å². The highest BCUT2D eigenvalue weighted by atomic mass is 16.4. The molecule has 0 aliphatic heterocycles. The summed E-state index contributed by atoms with van der Waals surface area (Å²) in [6.07, 6.45) is 0.189. The number of carbonyl (C=O) groups is 3. The van der Waals surface area contributed by atoms with Crippen LogP contribution in [0.15, 0.2) is 0 Å². The van der Waals surface area contributed by atoms with Gasteiger partial charge in [-0.3, -0.25) is 10.1 Å². The second-order valence-corrected chi connectivity index (χ2v) is 3.61. The summed E-state index contributed by atoms with van der Waals surface area (Å²) in [5.74, 6) is -1.80. The number of nitrogens with one attached hydrogen (secondary N) is 1. The summed E-state index contributed by atoms with van der Waals surface area (Å²) in [4.78, 5) is 32.6. The van der Waals surface area contributed by atoms with E-state index in [4.69, 9.17) is 16.6 Å². The molecule has 10 nitrogen and oxygen atoms in total. The van der Waals surface area contributed by atoms with Crippen molar-refractivity contribution in [1.82, 2.24) is 20.3 Å². The first-order valence-corrected chi connectivity index (χ1v) is 5.40. The van der Waals surface area contributed by atoms with Gasteiger partial charge in [0.2, 0.25) is 5.91 Å². The first-order chi connectivity index (χ1) is 8.95. The van der Waals surface area contributed by atoms with E-state index in [0.717, 1.165) is 0 Å². The van der Waals surface area contributed by atoms with Gasteiger partial charge >= 0.3 is 12.0 Å². The Morgan fingerprint density at radius 1 is 1.37 bits per heavy atom. The van der Waals surface area contributed by atoms with Crippen molar-refractivity contribution in [1.29, 1.82) is 0 Å². The van der Waals surface area contributed by atoms with Crippen LogP contribution in [-0.2, 0) is 17.8 Å². The van der Waals surface area contributed by atoms with Crippen LogP contribution in [0.2, 0.25) is 0 Å². The minimum Gasteiger partial charge on any atom is -0.476 e. The number of primary amides is 1. The Hall–Kier alpha value is -2.49. The zero-order valence-corrected chi connectivity index (χ0v) is 10.00. The third-order valence-electron chi connectivity index (χ3n) is 2.23. The van der Waals surface area contributed by atoms with Crippen LogP contribution in [0.5, 0.6) is 0 Å². The molecule has 1 aromatic heterocycles. The number of carboxylic acids is 1. The molecular weight excluding hydrogens is 256 g/mol. The van der Waals surface area contributed by atoms with Gasteiger partial charge in [0.15, 0.2) is 5.69 Å². The number of amides is 3. The van der Waals surface area contributed by atoms with E-state index in [9.17, 15) is 14.4 Å². The number of aryl methyl sites for hydroxylation is 1. The molecule has 0 radical (unpaired) electrons. The minimum atomic E-state index is -1.21. The average Bonchev–Trinajstić information content (AvgIpc) is 2.69. The summed E-state index contributed by atoms with van der Waals surface area (Å²) < 4.78 is 1.27. The van der Waals surface area contributed by atoms with Gasteiger partial charge in [-0.05, 0) is 6.54 Å². The molecule has 0 spiro atoms. The predicted molar refractivity (Wildman–Crippen MR) is 62.1 cm³/mol. The molecule has 0 aliphatic carbocycles. The van der Waals surface area contributed by atoms with Gasteiger partial charge < -0.3 is 16.6 Å². The molecule has 0 unspecified atom stereocenters. The second-order valence-electron chi connectivity index (χ2n) is 3.61. The molecule has 0 aliphatic rings. The van der Waals surface area contributed by atoms with Crippen LogP contribution < -0.4 is 16.8 Å². The summed E-state index contributed by atoms with van der Waals surface area (Å²) in [5, 5.41) is 17.9. The number of aromatic nitrogens is 3. The summed E-state index contributed by atoms with van der Waals surface area (Å²) in [6, 6.07) is -0.947. The van der Waals surface area contributed by atoms with Crippen LogP contribution in [0.4, 0.5) is 4.79 Å². The molecule has 104 valence electrons. The number of carbonyl (C=O) groups excluding carboxylic acids is 2. The first kappa shape index (κ1) is 14.6. The van der Waals surface area contributed by atoms with Gasteiger partial charge in [0, 0.05) is 12.8 Å². The van der Waals surface area contributed by atoms with Crippen LogP contribution in [0.25, 0.3) is 0 Å². The lowest BCUT2D eigenvalue weighted by molar-refractivity contribution is -0.120. The number of nitrogens with two attached hydrogens (primary N) is 2. The molecule has 6 N–H and O–H groups in total. The van der Waals surface area contributed by atoms with Crippen LogP contribution in [-0.4, -0.2) is 44.6 Å². The van der Waals surface area contributed by atoms with Crippen molar-refractivity contribution in [3.05, 3.63) is 11.4 Å². The Morgan fingerprint density at radius 2 is 2.05 bits per heavy atom. The predicted octanol–water partition coefficient (Wildman–Crippen LogP) is -1.94. The molecule has 1 heterocycles. The van der Waals surface area contributed by atoms with Gasteiger partial charge in [-0.1, -0.05) is 5.21 Å². The fourth-order valence-corrected chi connectivity index (χ4v) is 1.47. The largest absolute Gasteiger partial charge is 0.476 e. The molecule has 3 amide bonds. The third kappa shape index (κ3) is 4.03. The van der Waals surface area contributed by atoms with Crippen molar-refractivity contribution >= 4 is 17.9 Å². The molecule has 10 heteroatoms. The van der Waals surface area contributed by atoms with Crippen molar-refractivity contribution < 1.29 is 19.5 Å². The lowest BCUT2D eigenvalue weighted by atomic mass is 10.2. The fraction of sp³-hybridized carbons (Fsp3) is 0.444. The van der Waals surface area contributed by atoms with Crippen molar-refractivity contribution in [2.45, 2.75) is 19.4 Å². The van der Waals surface area contributed by atoms with Gasteiger partial charge in [-0.15, -0.1) is 5.10 Å². The van der Waals surface area contributed by atoms with Crippen LogP contribution in [0.1, 0.15) is 22.6 Å². The Bertz CT molecular complexity index is 497. The summed E-state index contributed by atoms with van der Waals surface area (Å²) in [5.41, 5.74) is 10.3. The smallest absolute Gasteiger partial charge is 0.358 e. The number of hydrogen-bond donors (Lipinski definition) is 4. The minimum absolute atomic E-state index is 0.0781. The Morgan fingerprint density at radius 3 is 2.58 bits per heavy atom. The van der Waals surface area contributed by atoms with E-state index in [-0.39, 0.29) is 31.6 Å². The van der Waals surface area contributed by atoms with Gasteiger partial charge in [0.1, 0.15) is 0 Å². The lowest BCUT2D eigenvalue weighted by Gasteiger charge is -2.05. The maximum Gasteiger partial charge on any atom is 0.358 e. The van der Waals surface area contributed by atoms with E-state index in [1.807, 2.05) is 5.32 Å². The van der Waals surface area contributed by atoms with Gasteiger partial charge in [0.25, 0.3) is 0 Å². The maximum absolute atomic E-state index is 11.2. The Balaban J connectivity index is 2.75. The molecule has 0 aromatic carbocycles. The van der Waals surface area contributed by atoms with Crippen molar-refractivity contribution in [3.63, 3.8) is 0 Å². The topological polar surface area (TPSA) is 166 Å². The molecule has 0 saturated carbocycles. The van der Waals surface area contributed by atoms with Crippen molar-refractivity contribution in [2.75, 3.05) is 6.54 Å². The zero-order chi connectivity index (χ0) is 14.4. The quantitative estimate of drug-likeness (QED) is 0.466. The molecule has 0 bridgehead atoms. The molecule has 1 rings (SSSR count). The number of aromatic carboxylic acids is 1. The standard InChI is InChI=1S/C9H14N6O4/c10-3-1-5-7(8(17)18)13-14-15(5)4-2-6(16)12-9(11)19/h1-4,10H2,(H,17,18)(H3,11,12,16,19). The van der Waals surface area contributed by atoms with Crippen LogP contribution in [0.3, 0.4) is 0 Å². The van der Waals surface area contributed by atoms with Gasteiger partial charge in [-0.25, -0.2) is 14.3 Å². The zero-order valence-electron chi connectivity index (χ0n) is 10.00. The maximum atomic E-state index is 11.2. The summed E-state index contributed by atoms with van der Waals surface area (Å²) in [7, 11) is 0. The average molecular weight is 270 g/mol. The van der Waals surface area contributed by atoms with Gasteiger partial charge in [-0.2, -0.15) is 0 Å². The van der Waals surface area contributed by atoms with E-state index in [0.29, 0.717) is 5.69 Å². The summed E-state index contributed by atoms with van der Waals surface area (Å²) in [6.45, 7) is 0.301. The number of carboxylic acid groups (broad SMARTS) is 1. The second kappa shape index (κ2) is 6.44. The number of imide groups is 1. The molecule has 0 saturated heterocycles. The molecule has 0 fully saturated rings. The van der Waals surface area contributed by atoms with Crippen LogP contribution in [0, 0.1) is 0 Å². The number of nitrogens with zero attached hydrogens (tertiary/aromatic N) is 3. The molecule has 0 atom stereocenters. The molecule has 1 aromatic rings.